The largest absolute Gasteiger partial charge is 0.505 e. The number of benzene rings is 4. The maximum atomic E-state index is 12.6. The zero-order valence-electron chi connectivity index (χ0n) is 26.0. The second-order valence-electron chi connectivity index (χ2n) is 10.2. The molecule has 0 aromatic heterocycles. The summed E-state index contributed by atoms with van der Waals surface area (Å²) in [5, 5.41) is 57.2. The van der Waals surface area contributed by atoms with Gasteiger partial charge in [-0.2, -0.15) is 23.8 Å². The summed E-state index contributed by atoms with van der Waals surface area (Å²) in [6, 6.07) is 16.9. The summed E-state index contributed by atoms with van der Waals surface area (Å²) >= 11 is 0. The number of rotatable bonds is 13. The maximum absolute atomic E-state index is 12.6. The van der Waals surface area contributed by atoms with Gasteiger partial charge in [0, 0.05) is 6.92 Å². The van der Waals surface area contributed by atoms with Crippen LogP contribution in [0.15, 0.2) is 108 Å². The summed E-state index contributed by atoms with van der Waals surface area (Å²) in [5.74, 6) is -4.29. The van der Waals surface area contributed by atoms with Gasteiger partial charge in [0.2, 0.25) is 5.91 Å². The van der Waals surface area contributed by atoms with Gasteiger partial charge < -0.3 is 20.6 Å². The summed E-state index contributed by atoms with van der Waals surface area (Å²) < 4.78 is 59.3. The van der Waals surface area contributed by atoms with Gasteiger partial charge in [-0.3, -0.25) is 9.35 Å². The Bertz CT molecular complexity index is 2260. The van der Waals surface area contributed by atoms with Crippen LogP contribution in [0.25, 0.3) is 0 Å². The Morgan fingerprint density at radius 2 is 1.40 bits per heavy atom. The Morgan fingerprint density at radius 3 is 2.06 bits per heavy atom. The average Bonchev–Trinajstić information content (AvgIpc) is 3.03. The minimum Gasteiger partial charge on any atom is -0.505 e. The molecule has 0 unspecified atom stereocenters. The van der Waals surface area contributed by atoms with E-state index in [0.29, 0.717) is 5.69 Å². The number of nitrogens with one attached hydrogen (secondary N) is 1. The van der Waals surface area contributed by atoms with E-state index in [9.17, 15) is 41.7 Å². The molecule has 1 amide bonds. The van der Waals surface area contributed by atoms with E-state index in [1.54, 1.807) is 24.3 Å². The SMILES string of the molecule is CC(=O)Nc1cc(N=Nc2c(O)cc(C(=O)O)c(N=Nc3ccc(C)cc3)c2O)ccc1N=Nc1cccc(S(=O)(=O)CCOS(=O)(=O)O)c1. The molecular formula is C30H27N7O11S2. The molecule has 20 heteroatoms. The van der Waals surface area contributed by atoms with Crippen LogP contribution in [0.4, 0.5) is 39.8 Å². The van der Waals surface area contributed by atoms with Crippen LogP contribution in [0.3, 0.4) is 0 Å². The number of anilines is 1. The third-order valence-corrected chi connectivity index (χ3v) is 8.49. The number of carbonyl (C=O) groups is 2. The number of amides is 1. The minimum atomic E-state index is -4.82. The number of phenolic OH excluding ortho intramolecular Hbond substituents is 2. The van der Waals surface area contributed by atoms with Gasteiger partial charge in [0.05, 0.1) is 45.6 Å². The van der Waals surface area contributed by atoms with Crippen LogP contribution < -0.4 is 5.32 Å². The first-order chi connectivity index (χ1) is 23.5. The summed E-state index contributed by atoms with van der Waals surface area (Å²) in [7, 11) is -8.86. The lowest BCUT2D eigenvalue weighted by atomic mass is 10.1. The smallest absolute Gasteiger partial charge is 0.397 e. The van der Waals surface area contributed by atoms with Crippen LogP contribution in [-0.4, -0.2) is 60.9 Å². The molecule has 0 fully saturated rings. The number of carbonyl (C=O) groups excluding carboxylic acids is 1. The van der Waals surface area contributed by atoms with E-state index in [1.165, 1.54) is 43.3 Å². The van der Waals surface area contributed by atoms with E-state index in [0.717, 1.165) is 17.7 Å². The van der Waals surface area contributed by atoms with Gasteiger partial charge in [-0.1, -0.05) is 23.8 Å². The summed E-state index contributed by atoms with van der Waals surface area (Å²) in [4.78, 5) is 23.5. The molecule has 0 saturated carbocycles. The first-order valence-electron chi connectivity index (χ1n) is 14.0. The fraction of sp³-hybridized carbons (Fsp3) is 0.133. The predicted octanol–water partition coefficient (Wildman–Crippen LogP) is 6.90. The monoisotopic (exact) mass is 725 g/mol. The van der Waals surface area contributed by atoms with E-state index in [2.05, 4.69) is 40.2 Å². The van der Waals surface area contributed by atoms with Crippen LogP contribution in [0.1, 0.15) is 22.8 Å². The van der Waals surface area contributed by atoms with Gasteiger partial charge in [-0.05, 0) is 61.5 Å². The predicted molar refractivity (Wildman–Crippen MR) is 177 cm³/mol. The quantitative estimate of drug-likeness (QED) is 0.0697. The van der Waals surface area contributed by atoms with Crippen molar-refractivity contribution < 1.29 is 50.5 Å². The number of nitrogens with zero attached hydrogens (tertiary/aromatic N) is 6. The first-order valence-corrected chi connectivity index (χ1v) is 17.0. The number of aromatic carboxylic acids is 1. The van der Waals surface area contributed by atoms with E-state index in [4.69, 9.17) is 4.55 Å². The lowest BCUT2D eigenvalue weighted by Crippen LogP contribution is -2.15. The Morgan fingerprint density at radius 1 is 0.780 bits per heavy atom. The molecule has 260 valence electrons. The highest BCUT2D eigenvalue weighted by Gasteiger charge is 2.22. The van der Waals surface area contributed by atoms with Crippen LogP contribution in [0.2, 0.25) is 0 Å². The highest BCUT2D eigenvalue weighted by molar-refractivity contribution is 7.91. The molecule has 4 aromatic rings. The number of sulfone groups is 1. The maximum Gasteiger partial charge on any atom is 0.397 e. The zero-order chi connectivity index (χ0) is 36.6. The third-order valence-electron chi connectivity index (χ3n) is 6.35. The minimum absolute atomic E-state index is 0.0744. The highest BCUT2D eigenvalue weighted by Crippen LogP contribution is 2.47. The molecule has 0 aliphatic rings. The Labute approximate surface area is 284 Å². The first kappa shape index (κ1) is 36.9. The van der Waals surface area contributed by atoms with Crippen LogP contribution in [0.5, 0.6) is 11.5 Å². The van der Waals surface area contributed by atoms with Crippen molar-refractivity contribution in [3.8, 4) is 11.5 Å². The molecule has 0 aliphatic carbocycles. The van der Waals surface area contributed by atoms with Gasteiger partial charge in [0.1, 0.15) is 17.1 Å². The summed E-state index contributed by atoms with van der Waals surface area (Å²) in [6.07, 6.45) is 0. The van der Waals surface area contributed by atoms with Crippen molar-refractivity contribution in [2.45, 2.75) is 18.7 Å². The molecule has 50 heavy (non-hydrogen) atoms. The Hall–Kier alpha value is -5.96. The van der Waals surface area contributed by atoms with Crippen molar-refractivity contribution in [1.29, 1.82) is 0 Å². The Kier molecular flexibility index (Phi) is 11.4. The van der Waals surface area contributed by atoms with E-state index in [1.807, 2.05) is 6.92 Å². The molecule has 0 atom stereocenters. The van der Waals surface area contributed by atoms with Crippen LogP contribution >= 0.6 is 0 Å². The average molecular weight is 726 g/mol. The molecule has 0 spiro atoms. The number of carboxylic acids is 1. The van der Waals surface area contributed by atoms with Crippen molar-refractivity contribution >= 4 is 71.9 Å². The number of hydrogen-bond acceptors (Lipinski definition) is 15. The molecule has 4 aromatic carbocycles. The molecule has 5 N–H and O–H groups in total. The van der Waals surface area contributed by atoms with E-state index < -0.39 is 72.9 Å². The van der Waals surface area contributed by atoms with E-state index in [-0.39, 0.29) is 27.6 Å². The van der Waals surface area contributed by atoms with E-state index >= 15 is 0 Å². The Balaban J connectivity index is 1.62. The number of carboxylic acid groups (broad SMARTS) is 1. The third kappa shape index (κ3) is 10.0. The number of phenols is 2. The second kappa shape index (κ2) is 15.5. The molecule has 0 saturated heterocycles. The molecule has 0 aliphatic heterocycles. The topological polar surface area (TPSA) is 279 Å². The van der Waals surface area contributed by atoms with Gasteiger partial charge in [-0.15, -0.1) is 15.3 Å². The van der Waals surface area contributed by atoms with Gasteiger partial charge in [0.15, 0.2) is 21.3 Å². The molecular weight excluding hydrogens is 699 g/mol. The second-order valence-corrected chi connectivity index (χ2v) is 13.4. The van der Waals surface area contributed by atoms with Crippen molar-refractivity contribution in [3.05, 3.63) is 83.9 Å². The number of aryl methyl sites for hydroxylation is 1. The fourth-order valence-electron chi connectivity index (χ4n) is 4.01. The molecule has 0 radical (unpaired) electrons. The zero-order valence-corrected chi connectivity index (χ0v) is 27.6. The van der Waals surface area contributed by atoms with Crippen molar-refractivity contribution in [1.82, 2.24) is 0 Å². The number of aromatic hydroxyl groups is 2. The standard InChI is InChI=1S/C30H27N7O11S2/c1-17-6-8-19(9-7-17)32-36-27-23(30(41)42)16-26(39)28(29(27)40)37-34-21-10-11-24(25(15-21)31-18(2)38)35-33-20-4-3-5-22(14-20)49(43,44)13-12-48-50(45,46)47/h3-11,14-16,39-40H,12-13H2,1-2H3,(H,31,38)(H,41,42)(H,45,46,47). The number of azo groups is 3. The van der Waals surface area contributed by atoms with Crippen molar-refractivity contribution in [2.24, 2.45) is 30.7 Å². The molecule has 18 nitrogen and oxygen atoms in total. The summed E-state index contributed by atoms with van der Waals surface area (Å²) in [6.45, 7) is 2.27. The van der Waals surface area contributed by atoms with Gasteiger partial charge in [0.25, 0.3) is 0 Å². The lowest BCUT2D eigenvalue weighted by molar-refractivity contribution is -0.114. The molecule has 0 heterocycles. The van der Waals surface area contributed by atoms with Crippen molar-refractivity contribution in [3.63, 3.8) is 0 Å². The van der Waals surface area contributed by atoms with Crippen molar-refractivity contribution in [2.75, 3.05) is 17.7 Å². The van der Waals surface area contributed by atoms with Gasteiger partial charge >= 0.3 is 16.4 Å². The van der Waals surface area contributed by atoms with Crippen LogP contribution in [0, 0.1) is 6.92 Å². The number of hydrogen-bond donors (Lipinski definition) is 5. The lowest BCUT2D eigenvalue weighted by Gasteiger charge is -2.08. The fourth-order valence-corrected chi connectivity index (χ4v) is 5.53. The molecule has 4 rings (SSSR count). The normalized spacial score (nSPS) is 12.2. The van der Waals surface area contributed by atoms with Crippen LogP contribution in [-0.2, 0) is 29.2 Å². The highest BCUT2D eigenvalue weighted by atomic mass is 32.3. The molecule has 0 bridgehead atoms. The van der Waals surface area contributed by atoms with Gasteiger partial charge in [-0.25, -0.2) is 17.4 Å². The summed E-state index contributed by atoms with van der Waals surface area (Å²) in [5.41, 5.74) is 0.115.